The van der Waals surface area contributed by atoms with Crippen LogP contribution in [0.5, 0.6) is 11.5 Å². The maximum Gasteiger partial charge on any atom is 0.357 e. The fourth-order valence-corrected chi connectivity index (χ4v) is 3.27. The number of fused-ring (bicyclic) bond motifs is 3. The lowest BCUT2D eigenvalue weighted by atomic mass is 10.1. The van der Waals surface area contributed by atoms with Crippen LogP contribution in [-0.4, -0.2) is 22.5 Å². The Morgan fingerprint density at radius 3 is 2.59 bits per heavy atom. The van der Waals surface area contributed by atoms with Crippen LogP contribution in [0.25, 0.3) is 21.8 Å². The van der Waals surface area contributed by atoms with E-state index in [0.29, 0.717) is 28.8 Å². The minimum Gasteiger partial charge on any atom is -0.461 e. The molecule has 0 unspecified atom stereocenters. The van der Waals surface area contributed by atoms with Crippen LogP contribution in [0.1, 0.15) is 23.0 Å². The zero-order valence-corrected chi connectivity index (χ0v) is 15.6. The number of aromatic amines is 1. The lowest BCUT2D eigenvalue weighted by molar-refractivity contribution is 0.0519. The fraction of sp³-hybridized carbons (Fsp3) is 0.143. The van der Waals surface area contributed by atoms with Gasteiger partial charge in [-0.25, -0.2) is 9.78 Å². The van der Waals surface area contributed by atoms with Crippen molar-refractivity contribution in [1.29, 1.82) is 0 Å². The molecular formula is C21H17ClN2O3. The number of nitrogens with one attached hydrogen (secondary N) is 1. The summed E-state index contributed by atoms with van der Waals surface area (Å²) in [6.45, 7) is 3.96. The number of H-pyrrole nitrogens is 1. The topological polar surface area (TPSA) is 64.2 Å². The first-order chi connectivity index (χ1) is 13.1. The molecule has 0 amide bonds. The molecule has 4 rings (SSSR count). The van der Waals surface area contributed by atoms with E-state index in [1.807, 2.05) is 37.3 Å². The Balaban J connectivity index is 1.81. The van der Waals surface area contributed by atoms with Crippen LogP contribution in [-0.2, 0) is 4.74 Å². The van der Waals surface area contributed by atoms with Crippen molar-refractivity contribution in [3.05, 3.63) is 64.9 Å². The van der Waals surface area contributed by atoms with Crippen molar-refractivity contribution in [3.63, 3.8) is 0 Å². The Kier molecular flexibility index (Phi) is 4.46. The maximum atomic E-state index is 12.2. The number of ether oxygens (including phenoxy) is 2. The number of aromatic nitrogens is 2. The quantitative estimate of drug-likeness (QED) is 0.465. The SMILES string of the molecule is CCOC(=O)c1ncc2[nH]c3ccc(Oc4ccc(Cl)cc4)cc3c2c1C. The van der Waals surface area contributed by atoms with E-state index in [2.05, 4.69) is 9.97 Å². The average molecular weight is 381 g/mol. The van der Waals surface area contributed by atoms with Crippen molar-refractivity contribution >= 4 is 39.4 Å². The molecule has 4 aromatic rings. The van der Waals surface area contributed by atoms with Gasteiger partial charge in [-0.05, 0) is 61.9 Å². The van der Waals surface area contributed by atoms with Gasteiger partial charge in [0.1, 0.15) is 11.5 Å². The van der Waals surface area contributed by atoms with Gasteiger partial charge in [0.15, 0.2) is 5.69 Å². The van der Waals surface area contributed by atoms with E-state index in [0.717, 1.165) is 27.4 Å². The molecule has 0 aliphatic rings. The number of benzene rings is 2. The molecule has 0 spiro atoms. The molecule has 27 heavy (non-hydrogen) atoms. The van der Waals surface area contributed by atoms with E-state index < -0.39 is 5.97 Å². The van der Waals surface area contributed by atoms with Gasteiger partial charge in [0.2, 0.25) is 0 Å². The molecule has 0 bridgehead atoms. The lowest BCUT2D eigenvalue weighted by Crippen LogP contribution is -2.09. The Hall–Kier alpha value is -3.05. The summed E-state index contributed by atoms with van der Waals surface area (Å²) in [6, 6.07) is 13.0. The van der Waals surface area contributed by atoms with Crippen LogP contribution in [0.2, 0.25) is 5.02 Å². The van der Waals surface area contributed by atoms with E-state index in [4.69, 9.17) is 21.1 Å². The van der Waals surface area contributed by atoms with Crippen LogP contribution < -0.4 is 4.74 Å². The first-order valence-electron chi connectivity index (χ1n) is 8.58. The number of carbonyl (C=O) groups is 1. The van der Waals surface area contributed by atoms with Gasteiger partial charge in [0.05, 0.1) is 18.3 Å². The first-order valence-corrected chi connectivity index (χ1v) is 8.96. The number of pyridine rings is 1. The molecular weight excluding hydrogens is 364 g/mol. The van der Waals surface area contributed by atoms with Gasteiger partial charge in [-0.1, -0.05) is 11.6 Å². The lowest BCUT2D eigenvalue weighted by Gasteiger charge is -2.07. The minimum atomic E-state index is -0.417. The number of hydrogen-bond acceptors (Lipinski definition) is 4. The summed E-state index contributed by atoms with van der Waals surface area (Å²) < 4.78 is 11.0. The number of nitrogens with zero attached hydrogens (tertiary/aromatic N) is 1. The largest absolute Gasteiger partial charge is 0.461 e. The molecule has 0 saturated carbocycles. The van der Waals surface area contributed by atoms with Crippen molar-refractivity contribution in [2.24, 2.45) is 0 Å². The molecule has 0 aliphatic carbocycles. The highest BCUT2D eigenvalue weighted by Gasteiger charge is 2.17. The van der Waals surface area contributed by atoms with Gasteiger partial charge < -0.3 is 14.5 Å². The first kappa shape index (κ1) is 17.4. The molecule has 2 heterocycles. The summed E-state index contributed by atoms with van der Waals surface area (Å²) in [7, 11) is 0. The van der Waals surface area contributed by atoms with Crippen LogP contribution in [0.3, 0.4) is 0 Å². The summed E-state index contributed by atoms with van der Waals surface area (Å²) in [5, 5.41) is 2.55. The number of esters is 1. The van der Waals surface area contributed by atoms with Crippen molar-refractivity contribution in [2.75, 3.05) is 6.61 Å². The Morgan fingerprint density at radius 1 is 1.11 bits per heavy atom. The second-order valence-corrected chi connectivity index (χ2v) is 6.57. The third-order valence-corrected chi connectivity index (χ3v) is 4.62. The number of aryl methyl sites for hydroxylation is 1. The molecule has 2 aromatic heterocycles. The Bertz CT molecular complexity index is 1150. The Labute approximate surface area is 160 Å². The van der Waals surface area contributed by atoms with E-state index in [-0.39, 0.29) is 0 Å². The highest BCUT2D eigenvalue weighted by atomic mass is 35.5. The van der Waals surface area contributed by atoms with Gasteiger partial charge in [0.25, 0.3) is 0 Å². The summed E-state index contributed by atoms with van der Waals surface area (Å²) in [5.74, 6) is 0.976. The molecule has 5 nitrogen and oxygen atoms in total. The molecule has 0 aliphatic heterocycles. The van der Waals surface area contributed by atoms with Crippen molar-refractivity contribution in [2.45, 2.75) is 13.8 Å². The monoisotopic (exact) mass is 380 g/mol. The number of rotatable bonds is 4. The molecule has 136 valence electrons. The fourth-order valence-electron chi connectivity index (χ4n) is 3.14. The number of halogens is 1. The molecule has 0 saturated heterocycles. The van der Waals surface area contributed by atoms with Gasteiger partial charge in [-0.2, -0.15) is 0 Å². The highest BCUT2D eigenvalue weighted by molar-refractivity contribution is 6.30. The van der Waals surface area contributed by atoms with Gasteiger partial charge in [0, 0.05) is 21.3 Å². The smallest absolute Gasteiger partial charge is 0.357 e. The predicted molar refractivity (Wildman–Crippen MR) is 106 cm³/mol. The highest BCUT2D eigenvalue weighted by Crippen LogP contribution is 2.33. The van der Waals surface area contributed by atoms with Crippen LogP contribution >= 0.6 is 11.6 Å². The molecule has 0 atom stereocenters. The molecule has 1 N–H and O–H groups in total. The molecule has 0 radical (unpaired) electrons. The summed E-state index contributed by atoms with van der Waals surface area (Å²) in [5.41, 5.74) is 2.91. The number of carbonyl (C=O) groups excluding carboxylic acids is 1. The zero-order chi connectivity index (χ0) is 19.0. The van der Waals surface area contributed by atoms with E-state index in [1.165, 1.54) is 0 Å². The minimum absolute atomic E-state index is 0.310. The zero-order valence-electron chi connectivity index (χ0n) is 14.9. The summed E-state index contributed by atoms with van der Waals surface area (Å²) in [6.07, 6.45) is 1.66. The maximum absolute atomic E-state index is 12.2. The molecule has 2 aromatic carbocycles. The van der Waals surface area contributed by atoms with Gasteiger partial charge in [-0.15, -0.1) is 0 Å². The predicted octanol–water partition coefficient (Wildman–Crippen LogP) is 5.65. The van der Waals surface area contributed by atoms with Gasteiger partial charge in [-0.3, -0.25) is 0 Å². The molecule has 0 fully saturated rings. The van der Waals surface area contributed by atoms with Crippen molar-refractivity contribution in [3.8, 4) is 11.5 Å². The average Bonchev–Trinajstić information content (AvgIpc) is 3.03. The second-order valence-electron chi connectivity index (χ2n) is 6.13. The second kappa shape index (κ2) is 6.93. The normalized spacial score (nSPS) is 11.1. The van der Waals surface area contributed by atoms with Crippen LogP contribution in [0.4, 0.5) is 0 Å². The van der Waals surface area contributed by atoms with Crippen molar-refractivity contribution < 1.29 is 14.3 Å². The van der Waals surface area contributed by atoms with Crippen molar-refractivity contribution in [1.82, 2.24) is 9.97 Å². The summed E-state index contributed by atoms with van der Waals surface area (Å²) >= 11 is 5.92. The van der Waals surface area contributed by atoms with E-state index in [1.54, 1.807) is 25.3 Å². The summed E-state index contributed by atoms with van der Waals surface area (Å²) in [4.78, 5) is 19.8. The Morgan fingerprint density at radius 2 is 1.85 bits per heavy atom. The van der Waals surface area contributed by atoms with Crippen LogP contribution in [0, 0.1) is 6.92 Å². The third kappa shape index (κ3) is 3.22. The third-order valence-electron chi connectivity index (χ3n) is 4.37. The van der Waals surface area contributed by atoms with E-state index >= 15 is 0 Å². The molecule has 6 heteroatoms. The van der Waals surface area contributed by atoms with E-state index in [9.17, 15) is 4.79 Å². The van der Waals surface area contributed by atoms with Crippen LogP contribution in [0.15, 0.2) is 48.7 Å². The van der Waals surface area contributed by atoms with Gasteiger partial charge >= 0.3 is 5.97 Å². The number of hydrogen-bond donors (Lipinski definition) is 1. The standard InChI is InChI=1S/C21H17ClN2O3/c1-3-26-21(25)20-12(2)19-16-10-15(27-14-6-4-13(22)5-7-14)8-9-17(16)24-18(19)11-23-20/h4-11,24H,3H2,1-2H3.